The summed E-state index contributed by atoms with van der Waals surface area (Å²) >= 11 is 0. The second-order valence-electron chi connectivity index (χ2n) is 5.73. The maximum Gasteiger partial charge on any atom is 0.246 e. The highest BCUT2D eigenvalue weighted by Crippen LogP contribution is 2.28. The molecule has 0 radical (unpaired) electrons. The van der Waals surface area contributed by atoms with E-state index in [-0.39, 0.29) is 47.9 Å². The Kier molecular flexibility index (Phi) is 10.4. The molecule has 1 aromatic rings. The van der Waals surface area contributed by atoms with Crippen LogP contribution in [0, 0.1) is 0 Å². The third-order valence-electron chi connectivity index (χ3n) is 3.78. The Morgan fingerprint density at radius 3 is 2.42 bits per heavy atom. The van der Waals surface area contributed by atoms with Gasteiger partial charge in [0, 0.05) is 46.0 Å². The largest absolute Gasteiger partial charge is 0.495 e. The van der Waals surface area contributed by atoms with Crippen LogP contribution in [0.3, 0.4) is 0 Å². The average molecular weight is 429 g/mol. The second kappa shape index (κ2) is 10.9. The van der Waals surface area contributed by atoms with Crippen molar-refractivity contribution in [3.8, 4) is 5.75 Å². The Hall–Kier alpha value is -1.10. The lowest BCUT2D eigenvalue weighted by molar-refractivity contribution is -0.117. The van der Waals surface area contributed by atoms with E-state index in [1.165, 1.54) is 33.3 Å². The van der Waals surface area contributed by atoms with Crippen LogP contribution in [0.5, 0.6) is 5.75 Å². The summed E-state index contributed by atoms with van der Waals surface area (Å²) in [6, 6.07) is 4.59. The van der Waals surface area contributed by atoms with Gasteiger partial charge in [0.15, 0.2) is 0 Å². The number of hydrogen-bond acceptors (Lipinski definition) is 6. The van der Waals surface area contributed by atoms with Crippen LogP contribution in [0.2, 0.25) is 0 Å². The van der Waals surface area contributed by atoms with Gasteiger partial charge in [-0.15, -0.1) is 24.8 Å². The van der Waals surface area contributed by atoms with Crippen molar-refractivity contribution in [2.45, 2.75) is 4.90 Å². The second-order valence-corrected chi connectivity index (χ2v) is 7.85. The number of carbonyl (C=O) groups excluding carboxylic acids is 1. The lowest BCUT2D eigenvalue weighted by Gasteiger charge is -2.26. The van der Waals surface area contributed by atoms with Crippen LogP contribution in [0.15, 0.2) is 23.1 Å². The molecule has 11 heteroatoms. The van der Waals surface area contributed by atoms with Crippen molar-refractivity contribution in [2.75, 3.05) is 59.2 Å². The molecule has 1 heterocycles. The summed E-state index contributed by atoms with van der Waals surface area (Å²) < 4.78 is 31.0. The van der Waals surface area contributed by atoms with E-state index in [1.807, 2.05) is 4.90 Å². The van der Waals surface area contributed by atoms with Crippen molar-refractivity contribution in [2.24, 2.45) is 0 Å². The van der Waals surface area contributed by atoms with E-state index in [0.29, 0.717) is 5.69 Å². The van der Waals surface area contributed by atoms with Crippen molar-refractivity contribution >= 4 is 46.4 Å². The standard InChI is InChI=1S/C15H24N4O4S.2ClH/c1-18(2)24(21,22)14-10-12(4-5-13(14)23-3)17-15(20)11-19-8-6-16-7-9-19;;/h4-5,10,16H,6-9,11H2,1-3H3,(H,17,20);2*1H. The van der Waals surface area contributed by atoms with Crippen LogP contribution in [0.1, 0.15) is 0 Å². The van der Waals surface area contributed by atoms with Crippen LogP contribution in [0.4, 0.5) is 5.69 Å². The molecule has 0 spiro atoms. The Balaban J connectivity index is 0.00000312. The molecule has 0 aromatic heterocycles. The van der Waals surface area contributed by atoms with E-state index < -0.39 is 10.0 Å². The molecule has 1 saturated heterocycles. The van der Waals surface area contributed by atoms with Crippen LogP contribution in [-0.2, 0) is 14.8 Å². The normalized spacial score (nSPS) is 14.9. The fourth-order valence-electron chi connectivity index (χ4n) is 2.43. The van der Waals surface area contributed by atoms with Crippen LogP contribution >= 0.6 is 24.8 Å². The molecule has 8 nitrogen and oxygen atoms in total. The number of hydrogen-bond donors (Lipinski definition) is 2. The van der Waals surface area contributed by atoms with Gasteiger partial charge < -0.3 is 15.4 Å². The molecule has 0 aliphatic carbocycles. The number of sulfonamides is 1. The molecule has 0 atom stereocenters. The molecule has 1 amide bonds. The predicted octanol–water partition coefficient (Wildman–Crippen LogP) is 0.633. The molecule has 0 saturated carbocycles. The SMILES string of the molecule is COc1ccc(NC(=O)CN2CCNCC2)cc1S(=O)(=O)N(C)C.Cl.Cl. The Morgan fingerprint density at radius 1 is 1.27 bits per heavy atom. The van der Waals surface area contributed by atoms with Crippen LogP contribution in [0.25, 0.3) is 0 Å². The molecule has 1 fully saturated rings. The summed E-state index contributed by atoms with van der Waals surface area (Å²) in [4.78, 5) is 14.2. The van der Waals surface area contributed by atoms with Crippen LogP contribution in [-0.4, -0.2) is 77.5 Å². The zero-order chi connectivity index (χ0) is 17.7. The number of nitrogens with one attached hydrogen (secondary N) is 2. The van der Waals surface area contributed by atoms with Gasteiger partial charge >= 0.3 is 0 Å². The van der Waals surface area contributed by atoms with Crippen molar-refractivity contribution in [1.82, 2.24) is 14.5 Å². The van der Waals surface area contributed by atoms with Crippen molar-refractivity contribution < 1.29 is 17.9 Å². The summed E-state index contributed by atoms with van der Waals surface area (Å²) in [5.41, 5.74) is 0.427. The average Bonchev–Trinajstić information content (AvgIpc) is 2.55. The lowest BCUT2D eigenvalue weighted by Crippen LogP contribution is -2.46. The fourth-order valence-corrected chi connectivity index (χ4v) is 3.50. The highest BCUT2D eigenvalue weighted by atomic mass is 35.5. The Bertz CT molecular complexity index is 695. The van der Waals surface area contributed by atoms with Gasteiger partial charge in [0.1, 0.15) is 10.6 Å². The number of anilines is 1. The number of ether oxygens (including phenoxy) is 1. The van der Waals surface area contributed by atoms with E-state index in [4.69, 9.17) is 4.74 Å². The van der Waals surface area contributed by atoms with Gasteiger partial charge in [-0.1, -0.05) is 0 Å². The number of amides is 1. The number of methoxy groups -OCH3 is 1. The highest BCUT2D eigenvalue weighted by Gasteiger charge is 2.23. The van der Waals surface area contributed by atoms with E-state index in [9.17, 15) is 13.2 Å². The van der Waals surface area contributed by atoms with Gasteiger partial charge in [-0.05, 0) is 18.2 Å². The van der Waals surface area contributed by atoms with Crippen molar-refractivity contribution in [1.29, 1.82) is 0 Å². The first-order valence-corrected chi connectivity index (χ1v) is 9.12. The monoisotopic (exact) mass is 428 g/mol. The molecule has 1 aliphatic rings. The van der Waals surface area contributed by atoms with Crippen LogP contribution < -0.4 is 15.4 Å². The summed E-state index contributed by atoms with van der Waals surface area (Å²) in [5, 5.41) is 5.98. The molecular formula is C15H26Cl2N4O4S. The molecular weight excluding hydrogens is 403 g/mol. The zero-order valence-electron chi connectivity index (χ0n) is 15.0. The maximum atomic E-state index is 12.4. The maximum absolute atomic E-state index is 12.4. The number of halogens is 2. The fraction of sp³-hybridized carbons (Fsp3) is 0.533. The van der Waals surface area contributed by atoms with Crippen molar-refractivity contribution in [3.05, 3.63) is 18.2 Å². The van der Waals surface area contributed by atoms with E-state index in [0.717, 1.165) is 30.5 Å². The van der Waals surface area contributed by atoms with E-state index in [1.54, 1.807) is 6.07 Å². The quantitative estimate of drug-likeness (QED) is 0.690. The molecule has 1 aromatic carbocycles. The lowest BCUT2D eigenvalue weighted by atomic mass is 10.3. The minimum absolute atomic E-state index is 0. The molecule has 2 N–H and O–H groups in total. The van der Waals surface area contributed by atoms with Gasteiger partial charge in [0.25, 0.3) is 0 Å². The van der Waals surface area contributed by atoms with Gasteiger partial charge in [-0.3, -0.25) is 9.69 Å². The summed E-state index contributed by atoms with van der Waals surface area (Å²) in [6.07, 6.45) is 0. The predicted molar refractivity (Wildman–Crippen MR) is 106 cm³/mol. The van der Waals surface area contributed by atoms with E-state index >= 15 is 0 Å². The van der Waals surface area contributed by atoms with Crippen molar-refractivity contribution in [3.63, 3.8) is 0 Å². The van der Waals surface area contributed by atoms with E-state index in [2.05, 4.69) is 10.6 Å². The minimum Gasteiger partial charge on any atom is -0.495 e. The summed E-state index contributed by atoms with van der Waals surface area (Å²) in [6.45, 7) is 3.64. The van der Waals surface area contributed by atoms with Gasteiger partial charge in [0.05, 0.1) is 13.7 Å². The number of rotatable bonds is 6. The molecule has 0 bridgehead atoms. The third-order valence-corrected chi connectivity index (χ3v) is 5.62. The van der Waals surface area contributed by atoms with Gasteiger partial charge in [-0.25, -0.2) is 12.7 Å². The number of piperazine rings is 1. The zero-order valence-corrected chi connectivity index (χ0v) is 17.5. The first kappa shape index (κ1) is 24.9. The first-order chi connectivity index (χ1) is 11.3. The topological polar surface area (TPSA) is 91.0 Å². The Labute approximate surface area is 167 Å². The molecule has 1 aliphatic heterocycles. The number of carbonyl (C=O) groups is 1. The molecule has 26 heavy (non-hydrogen) atoms. The summed E-state index contributed by atoms with van der Waals surface area (Å²) in [5.74, 6) is 0.0686. The Morgan fingerprint density at radius 2 is 1.88 bits per heavy atom. The van der Waals surface area contributed by atoms with Gasteiger partial charge in [-0.2, -0.15) is 0 Å². The summed E-state index contributed by atoms with van der Waals surface area (Å²) in [7, 11) is 0.640. The first-order valence-electron chi connectivity index (χ1n) is 7.68. The highest BCUT2D eigenvalue weighted by molar-refractivity contribution is 7.89. The number of nitrogens with zero attached hydrogens (tertiary/aromatic N) is 2. The molecule has 0 unspecified atom stereocenters. The smallest absolute Gasteiger partial charge is 0.246 e. The number of benzene rings is 1. The molecule has 150 valence electrons. The molecule has 2 rings (SSSR count). The van der Waals surface area contributed by atoms with Gasteiger partial charge in [0.2, 0.25) is 15.9 Å². The third kappa shape index (κ3) is 6.26. The minimum atomic E-state index is -3.67.